The van der Waals surface area contributed by atoms with Crippen LogP contribution in [0.3, 0.4) is 0 Å². The molecule has 1 aliphatic heterocycles. The maximum absolute atomic E-state index is 13.9. The Kier molecular flexibility index (Phi) is 6.69. The lowest BCUT2D eigenvalue weighted by atomic mass is 9.78. The van der Waals surface area contributed by atoms with Gasteiger partial charge in [0, 0.05) is 29.2 Å². The molecule has 2 aromatic rings. The summed E-state index contributed by atoms with van der Waals surface area (Å²) in [7, 11) is 0. The molecule has 0 radical (unpaired) electrons. The fraction of sp³-hybridized carbons (Fsp3) is 0.227. The van der Waals surface area contributed by atoms with E-state index in [0.717, 1.165) is 18.3 Å². The number of alkyl halides is 3. The average molecular weight is 461 g/mol. The number of nitriles is 1. The van der Waals surface area contributed by atoms with Gasteiger partial charge in [0.2, 0.25) is 0 Å². The van der Waals surface area contributed by atoms with Crippen LogP contribution in [0.1, 0.15) is 27.4 Å². The molecule has 5 N–H and O–H groups in total. The van der Waals surface area contributed by atoms with E-state index in [0.29, 0.717) is 11.1 Å². The van der Waals surface area contributed by atoms with Crippen molar-refractivity contribution >= 4 is 17.8 Å². The fourth-order valence-electron chi connectivity index (χ4n) is 3.95. The van der Waals surface area contributed by atoms with Gasteiger partial charge >= 0.3 is 6.18 Å². The minimum absolute atomic E-state index is 0.00248. The van der Waals surface area contributed by atoms with Gasteiger partial charge in [-0.25, -0.2) is 4.39 Å². The van der Waals surface area contributed by atoms with Crippen molar-refractivity contribution in [3.8, 4) is 6.07 Å². The third kappa shape index (κ3) is 4.96. The average Bonchev–Trinajstić information content (AvgIpc) is 2.75. The predicted molar refractivity (Wildman–Crippen MR) is 112 cm³/mol. The van der Waals surface area contributed by atoms with Crippen molar-refractivity contribution < 1.29 is 27.5 Å². The number of fused-ring (bicyclic) bond motifs is 1. The molecule has 3 rings (SSSR count). The van der Waals surface area contributed by atoms with Crippen LogP contribution in [0.4, 0.5) is 23.2 Å². The van der Waals surface area contributed by atoms with Crippen molar-refractivity contribution in [1.82, 2.24) is 4.90 Å². The Balaban J connectivity index is 2.15. The number of aliphatic hydroxyl groups excluding tert-OH is 1. The fourth-order valence-corrected chi connectivity index (χ4v) is 3.95. The highest BCUT2D eigenvalue weighted by Gasteiger charge is 2.48. The van der Waals surface area contributed by atoms with Crippen LogP contribution >= 0.6 is 0 Å². The number of aliphatic hydroxyl groups is 1. The van der Waals surface area contributed by atoms with Crippen LogP contribution in [0, 0.1) is 22.6 Å². The number of nitrogens with one attached hydrogen (secondary N) is 2. The lowest BCUT2D eigenvalue weighted by Gasteiger charge is -2.44. The smallest absolute Gasteiger partial charge is 0.404 e. The second-order valence-corrected chi connectivity index (χ2v) is 7.35. The van der Waals surface area contributed by atoms with Crippen molar-refractivity contribution in [3.63, 3.8) is 0 Å². The molecule has 0 bridgehead atoms. The van der Waals surface area contributed by atoms with Gasteiger partial charge in [-0.1, -0.05) is 18.2 Å². The van der Waals surface area contributed by atoms with Crippen LogP contribution in [0.2, 0.25) is 0 Å². The summed E-state index contributed by atoms with van der Waals surface area (Å²) in [6.45, 7) is -1.64. The van der Waals surface area contributed by atoms with Gasteiger partial charge < -0.3 is 26.5 Å². The Labute approximate surface area is 186 Å². The predicted octanol–water partition coefficient (Wildman–Crippen LogP) is 3.09. The zero-order valence-corrected chi connectivity index (χ0v) is 17.0. The van der Waals surface area contributed by atoms with Crippen molar-refractivity contribution in [2.45, 2.75) is 24.4 Å². The van der Waals surface area contributed by atoms with Gasteiger partial charge in [-0.3, -0.25) is 4.79 Å². The quantitative estimate of drug-likeness (QED) is 0.299. The molecule has 0 saturated heterocycles. The molecule has 0 aliphatic carbocycles. The van der Waals surface area contributed by atoms with Crippen molar-refractivity contribution in [1.29, 1.82) is 10.7 Å². The minimum atomic E-state index is -4.77. The first kappa shape index (κ1) is 23.7. The number of carbonyl (C=O) groups is 1. The molecule has 172 valence electrons. The summed E-state index contributed by atoms with van der Waals surface area (Å²) in [5.74, 6) is -2.91. The van der Waals surface area contributed by atoms with Gasteiger partial charge in [0.15, 0.2) is 0 Å². The topological polar surface area (TPSA) is 126 Å². The van der Waals surface area contributed by atoms with E-state index in [1.54, 1.807) is 12.1 Å². The number of amides is 1. The molecule has 1 heterocycles. The molecule has 1 amide bonds. The number of anilines is 1. The standard InChI is InChI=1S/C22H19F4N5O2/c23-14-5-12(8-27)6-15(7-14)30-20(32)18-16-3-1-2-4-17(16)21(33)31(11-22(24,25)26)19(18)13(9-28)10-29/h1-7,9-10,18-20,28,30,32H,11,29H2/b13-10+,28-9?/t18-,19+,20?/m0/s1. The van der Waals surface area contributed by atoms with Crippen LogP contribution < -0.4 is 11.1 Å². The van der Waals surface area contributed by atoms with Crippen molar-refractivity contribution in [2.24, 2.45) is 5.73 Å². The van der Waals surface area contributed by atoms with Crippen LogP contribution in [-0.2, 0) is 0 Å². The lowest BCUT2D eigenvalue weighted by Crippen LogP contribution is -2.56. The second kappa shape index (κ2) is 9.30. The largest absolute Gasteiger partial charge is 0.406 e. The first-order chi connectivity index (χ1) is 15.6. The van der Waals surface area contributed by atoms with E-state index in [1.165, 1.54) is 24.3 Å². The molecule has 11 heteroatoms. The number of carbonyl (C=O) groups excluding carboxylic acids is 1. The van der Waals surface area contributed by atoms with E-state index in [-0.39, 0.29) is 28.0 Å². The molecule has 3 atom stereocenters. The molecular weight excluding hydrogens is 442 g/mol. The number of hydrogen-bond donors (Lipinski definition) is 4. The van der Waals surface area contributed by atoms with E-state index in [4.69, 9.17) is 16.4 Å². The van der Waals surface area contributed by atoms with Gasteiger partial charge in [0.1, 0.15) is 18.6 Å². The number of benzene rings is 2. The van der Waals surface area contributed by atoms with E-state index in [2.05, 4.69) is 5.32 Å². The number of nitrogens with zero attached hydrogens (tertiary/aromatic N) is 2. The van der Waals surface area contributed by atoms with Crippen molar-refractivity contribution in [2.75, 3.05) is 11.9 Å². The van der Waals surface area contributed by atoms with Gasteiger partial charge in [-0.05, 0) is 29.8 Å². The monoisotopic (exact) mass is 461 g/mol. The maximum Gasteiger partial charge on any atom is 0.406 e. The van der Waals surface area contributed by atoms with Crippen molar-refractivity contribution in [3.05, 3.63) is 76.7 Å². The molecule has 0 saturated carbocycles. The number of halogens is 4. The summed E-state index contributed by atoms with van der Waals surface area (Å²) in [5.41, 5.74) is 5.56. The second-order valence-electron chi connectivity index (χ2n) is 7.35. The molecule has 7 nitrogen and oxygen atoms in total. The molecule has 0 fully saturated rings. The van der Waals surface area contributed by atoms with Gasteiger partial charge in [0.05, 0.1) is 23.6 Å². The zero-order chi connectivity index (χ0) is 24.3. The molecular formula is C22H19F4N5O2. The SMILES string of the molecule is N#Cc1cc(F)cc(NC(O)[C@H]2c3ccccc3C(=O)N(CC(F)(F)F)[C@@H]2/C(C=N)=C/N)c1. The Morgan fingerprint density at radius 2 is 2.03 bits per heavy atom. The van der Waals surface area contributed by atoms with Gasteiger partial charge in [-0.15, -0.1) is 0 Å². The lowest BCUT2D eigenvalue weighted by molar-refractivity contribution is -0.145. The highest BCUT2D eigenvalue weighted by atomic mass is 19.4. The van der Waals surface area contributed by atoms with E-state index >= 15 is 0 Å². The Bertz CT molecular complexity index is 1140. The first-order valence-electron chi connectivity index (χ1n) is 9.63. The summed E-state index contributed by atoms with van der Waals surface area (Å²) < 4.78 is 54.0. The molecule has 1 unspecified atom stereocenters. The molecule has 0 aromatic heterocycles. The molecule has 33 heavy (non-hydrogen) atoms. The maximum atomic E-state index is 13.9. The van der Waals surface area contributed by atoms with E-state index < -0.39 is 42.6 Å². The van der Waals surface area contributed by atoms with E-state index in [9.17, 15) is 27.5 Å². The summed E-state index contributed by atoms with van der Waals surface area (Å²) in [5, 5.41) is 30.3. The van der Waals surface area contributed by atoms with Crippen LogP contribution in [0.25, 0.3) is 0 Å². The number of nitrogens with two attached hydrogens (primary N) is 1. The highest BCUT2D eigenvalue weighted by molar-refractivity contribution is 5.99. The molecule has 1 aliphatic rings. The Morgan fingerprint density at radius 1 is 1.33 bits per heavy atom. The zero-order valence-electron chi connectivity index (χ0n) is 17.0. The summed E-state index contributed by atoms with van der Waals surface area (Å²) >= 11 is 0. The van der Waals surface area contributed by atoms with Crippen LogP contribution in [0.5, 0.6) is 0 Å². The van der Waals surface area contributed by atoms with Gasteiger partial charge in [0.25, 0.3) is 5.91 Å². The molecule has 2 aromatic carbocycles. The third-order valence-corrected chi connectivity index (χ3v) is 5.22. The first-order valence-corrected chi connectivity index (χ1v) is 9.63. The van der Waals surface area contributed by atoms with Crippen LogP contribution in [0.15, 0.2) is 54.2 Å². The normalized spacial score (nSPS) is 19.5. The molecule has 0 spiro atoms. The summed E-state index contributed by atoms with van der Waals surface area (Å²) in [6.07, 6.45) is -4.80. The number of hydrogen-bond acceptors (Lipinski definition) is 6. The third-order valence-electron chi connectivity index (χ3n) is 5.22. The minimum Gasteiger partial charge on any atom is -0.404 e. The Morgan fingerprint density at radius 3 is 2.64 bits per heavy atom. The highest BCUT2D eigenvalue weighted by Crippen LogP contribution is 2.40. The summed E-state index contributed by atoms with van der Waals surface area (Å²) in [4.78, 5) is 13.5. The summed E-state index contributed by atoms with van der Waals surface area (Å²) in [6, 6.07) is 9.38. The van der Waals surface area contributed by atoms with Crippen LogP contribution in [-0.4, -0.2) is 47.1 Å². The van der Waals surface area contributed by atoms with E-state index in [1.807, 2.05) is 0 Å². The number of rotatable bonds is 6. The van der Waals surface area contributed by atoms with Gasteiger partial charge in [-0.2, -0.15) is 18.4 Å². The Hall–Kier alpha value is -3.91.